The van der Waals surface area contributed by atoms with Crippen LogP contribution in [-0.4, -0.2) is 90.3 Å². The third-order valence-corrected chi connectivity index (χ3v) is 10.1. The largest absolute Gasteiger partial charge is 0.481 e. The number of aliphatic carboxylic acids is 1. The molecule has 10 nitrogen and oxygen atoms in total. The maximum absolute atomic E-state index is 13.9. The quantitative estimate of drug-likeness (QED) is 0.289. The van der Waals surface area contributed by atoms with Gasteiger partial charge in [-0.2, -0.15) is 0 Å². The number of halogens is 2. The highest BCUT2D eigenvalue weighted by Crippen LogP contribution is 2.33. The number of carboxylic acid groups (broad SMARTS) is 1. The molecule has 3 aliphatic rings. The van der Waals surface area contributed by atoms with Crippen molar-refractivity contribution in [3.05, 3.63) is 63.8 Å². The van der Waals surface area contributed by atoms with Gasteiger partial charge in [0.1, 0.15) is 11.8 Å². The van der Waals surface area contributed by atoms with Gasteiger partial charge in [-0.05, 0) is 62.3 Å². The van der Waals surface area contributed by atoms with Crippen LogP contribution < -0.4 is 5.32 Å². The number of hydrogen-bond acceptors (Lipinski definition) is 7. The second-order valence-corrected chi connectivity index (χ2v) is 13.3. The van der Waals surface area contributed by atoms with Crippen LogP contribution in [0.2, 0.25) is 10.0 Å². The van der Waals surface area contributed by atoms with E-state index in [-0.39, 0.29) is 47.4 Å². The van der Waals surface area contributed by atoms with E-state index in [0.29, 0.717) is 78.2 Å². The van der Waals surface area contributed by atoms with E-state index in [2.05, 4.69) is 10.2 Å². The monoisotopic (exact) mass is 671 g/mol. The Morgan fingerprint density at radius 2 is 1.83 bits per heavy atom. The summed E-state index contributed by atoms with van der Waals surface area (Å²) in [5, 5.41) is 13.4. The Labute approximate surface area is 277 Å². The zero-order valence-electron chi connectivity index (χ0n) is 25.6. The summed E-state index contributed by atoms with van der Waals surface area (Å²) in [5.41, 5.74) is 1.89. The lowest BCUT2D eigenvalue weighted by molar-refractivity contribution is -0.144. The third-order valence-electron chi connectivity index (χ3n) is 9.49. The number of para-hydroxylation sites is 1. The Morgan fingerprint density at radius 3 is 2.63 bits per heavy atom. The maximum atomic E-state index is 13.9. The lowest BCUT2D eigenvalue weighted by atomic mass is 9.87. The van der Waals surface area contributed by atoms with Crippen LogP contribution in [0.25, 0.3) is 11.0 Å². The molecule has 46 heavy (non-hydrogen) atoms. The summed E-state index contributed by atoms with van der Waals surface area (Å²) in [6.45, 7) is 4.14. The fourth-order valence-corrected chi connectivity index (χ4v) is 7.37. The topological polar surface area (TPSA) is 122 Å². The van der Waals surface area contributed by atoms with Crippen molar-refractivity contribution in [2.45, 2.75) is 63.1 Å². The van der Waals surface area contributed by atoms with Gasteiger partial charge in [0, 0.05) is 42.7 Å². The minimum atomic E-state index is -0.740. The van der Waals surface area contributed by atoms with Gasteiger partial charge in [-0.3, -0.25) is 19.3 Å². The average molecular weight is 673 g/mol. The van der Waals surface area contributed by atoms with Crippen molar-refractivity contribution in [2.75, 3.05) is 44.8 Å². The number of nitrogens with zero attached hydrogens (tertiary/aromatic N) is 2. The molecule has 2 saturated heterocycles. The molecule has 2 aromatic carbocycles. The van der Waals surface area contributed by atoms with Gasteiger partial charge in [-0.15, -0.1) is 0 Å². The van der Waals surface area contributed by atoms with Crippen LogP contribution in [0.15, 0.2) is 47.1 Å². The number of anilines is 1. The minimum Gasteiger partial charge on any atom is -0.481 e. The number of rotatable bonds is 9. The van der Waals surface area contributed by atoms with E-state index < -0.39 is 5.97 Å². The van der Waals surface area contributed by atoms with Crippen LogP contribution in [0, 0.1) is 5.92 Å². The number of hydrogen-bond donors (Lipinski definition) is 2. The molecule has 12 heteroatoms. The Morgan fingerprint density at radius 1 is 1.02 bits per heavy atom. The van der Waals surface area contributed by atoms with Crippen molar-refractivity contribution in [1.82, 2.24) is 9.80 Å². The van der Waals surface area contributed by atoms with Crippen LogP contribution in [0.5, 0.6) is 0 Å². The molecular weight excluding hydrogens is 633 g/mol. The van der Waals surface area contributed by atoms with E-state index in [9.17, 15) is 19.5 Å². The Balaban J connectivity index is 1.13. The smallest absolute Gasteiger partial charge is 0.306 e. The van der Waals surface area contributed by atoms with Crippen molar-refractivity contribution < 1.29 is 33.4 Å². The maximum Gasteiger partial charge on any atom is 0.306 e. The van der Waals surface area contributed by atoms with Crippen molar-refractivity contribution in [1.29, 1.82) is 0 Å². The number of furan rings is 1. The lowest BCUT2D eigenvalue weighted by Gasteiger charge is -2.30. The van der Waals surface area contributed by atoms with E-state index in [1.54, 1.807) is 18.2 Å². The van der Waals surface area contributed by atoms with E-state index in [4.69, 9.17) is 37.1 Å². The number of carbonyl (C=O) groups excluding carboxylic acids is 2. The SMILES string of the molecule is O=C(Nc1cc(Cl)c(CC(=O)N2C[C@@H](N3CCCOCC3)C[C@H]2COC2CCC(C(=O)O)CC2)cc1Cl)c1coc2ccccc12. The van der Waals surface area contributed by atoms with Crippen LogP contribution in [0.4, 0.5) is 5.69 Å². The molecule has 3 fully saturated rings. The van der Waals surface area contributed by atoms with E-state index in [1.807, 2.05) is 23.1 Å². The lowest BCUT2D eigenvalue weighted by Crippen LogP contribution is -2.42. The second kappa shape index (κ2) is 14.7. The molecule has 2 amide bonds. The molecule has 0 bridgehead atoms. The number of carbonyl (C=O) groups is 3. The first-order valence-electron chi connectivity index (χ1n) is 16.0. The number of carboxylic acids is 1. The highest BCUT2D eigenvalue weighted by atomic mass is 35.5. The standard InChI is InChI=1S/C34H39Cl2N3O7/c35-28-17-30(37-33(41)27-20-46-31-5-2-1-4-26(27)31)29(36)14-22(28)15-32(40)39-18-23(38-10-3-12-44-13-11-38)16-24(39)19-45-25-8-6-21(7-9-25)34(42)43/h1-2,4-5,14,17,20-21,23-25H,3,6-13,15-16,18-19H2,(H,37,41)(H,42,43)/t21?,23-,24-,25?/m0/s1. The number of nitrogens with one attached hydrogen (secondary N) is 1. The van der Waals surface area contributed by atoms with Gasteiger partial charge >= 0.3 is 5.97 Å². The van der Waals surface area contributed by atoms with E-state index in [0.717, 1.165) is 32.5 Å². The summed E-state index contributed by atoms with van der Waals surface area (Å²) in [6, 6.07) is 10.5. The van der Waals surface area contributed by atoms with Gasteiger partial charge in [0.05, 0.1) is 54.0 Å². The summed E-state index contributed by atoms with van der Waals surface area (Å²) in [7, 11) is 0. The molecule has 2 aliphatic heterocycles. The fourth-order valence-electron chi connectivity index (χ4n) is 6.90. The van der Waals surface area contributed by atoms with Gasteiger partial charge in [0.2, 0.25) is 5.91 Å². The molecule has 1 aliphatic carbocycles. The molecule has 246 valence electrons. The number of likely N-dealkylation sites (tertiary alicyclic amines) is 1. The van der Waals surface area contributed by atoms with Crippen molar-refractivity contribution in [3.63, 3.8) is 0 Å². The molecule has 1 aromatic heterocycles. The van der Waals surface area contributed by atoms with Gasteiger partial charge in [0.15, 0.2) is 0 Å². The van der Waals surface area contributed by atoms with Crippen LogP contribution >= 0.6 is 23.2 Å². The molecule has 1 saturated carbocycles. The number of fused-ring (bicyclic) bond motifs is 1. The number of ether oxygens (including phenoxy) is 2. The molecule has 0 spiro atoms. The van der Waals surface area contributed by atoms with Crippen molar-refractivity contribution >= 4 is 57.6 Å². The second-order valence-electron chi connectivity index (χ2n) is 12.4. The molecular formula is C34H39Cl2N3O7. The predicted octanol–water partition coefficient (Wildman–Crippen LogP) is 5.89. The normalized spacial score (nSPS) is 24.2. The molecule has 3 aromatic rings. The summed E-state index contributed by atoms with van der Waals surface area (Å²) in [5.74, 6) is -1.50. The number of benzene rings is 2. The zero-order valence-corrected chi connectivity index (χ0v) is 27.1. The summed E-state index contributed by atoms with van der Waals surface area (Å²) in [6.07, 6.45) is 5.83. The van der Waals surface area contributed by atoms with Gasteiger partial charge in [0.25, 0.3) is 5.91 Å². The first kappa shape index (κ1) is 32.8. The van der Waals surface area contributed by atoms with Crippen molar-refractivity contribution in [3.8, 4) is 0 Å². The average Bonchev–Trinajstić information content (AvgIpc) is 3.58. The van der Waals surface area contributed by atoms with Crippen LogP contribution in [0.1, 0.15) is 54.4 Å². The zero-order chi connectivity index (χ0) is 32.2. The third kappa shape index (κ3) is 7.52. The first-order chi connectivity index (χ1) is 22.3. The Kier molecular flexibility index (Phi) is 10.5. The summed E-state index contributed by atoms with van der Waals surface area (Å²) in [4.78, 5) is 42.6. The van der Waals surface area contributed by atoms with Gasteiger partial charge in [-0.25, -0.2) is 0 Å². The first-order valence-corrected chi connectivity index (χ1v) is 16.7. The van der Waals surface area contributed by atoms with Crippen LogP contribution in [0.3, 0.4) is 0 Å². The molecule has 2 N–H and O–H groups in total. The predicted molar refractivity (Wildman–Crippen MR) is 175 cm³/mol. The molecule has 0 radical (unpaired) electrons. The van der Waals surface area contributed by atoms with Gasteiger partial charge in [-0.1, -0.05) is 41.4 Å². The minimum absolute atomic E-state index is 0.00534. The number of amides is 2. The van der Waals surface area contributed by atoms with Crippen LogP contribution in [-0.2, 0) is 25.5 Å². The van der Waals surface area contributed by atoms with Gasteiger partial charge < -0.3 is 29.2 Å². The molecule has 2 atom stereocenters. The molecule has 0 unspecified atom stereocenters. The highest BCUT2D eigenvalue weighted by Gasteiger charge is 2.39. The fraction of sp³-hybridized carbons (Fsp3) is 0.500. The van der Waals surface area contributed by atoms with E-state index >= 15 is 0 Å². The highest BCUT2D eigenvalue weighted by molar-refractivity contribution is 6.36. The van der Waals surface area contributed by atoms with E-state index in [1.165, 1.54) is 6.26 Å². The Bertz CT molecular complexity index is 1560. The summed E-state index contributed by atoms with van der Waals surface area (Å²) >= 11 is 13.3. The molecule has 6 rings (SSSR count). The molecule has 3 heterocycles. The summed E-state index contributed by atoms with van der Waals surface area (Å²) < 4.78 is 17.5. The van der Waals surface area contributed by atoms with Crippen molar-refractivity contribution in [2.24, 2.45) is 5.92 Å². The Hall–Kier alpha value is -3.15.